The Balaban J connectivity index is 1.97. The molecule has 3 aromatic rings. The molecule has 0 radical (unpaired) electrons. The lowest BCUT2D eigenvalue weighted by molar-refractivity contribution is 0.467. The van der Waals surface area contributed by atoms with Crippen LogP contribution >= 0.6 is 0 Å². The van der Waals surface area contributed by atoms with Crippen molar-refractivity contribution in [2.24, 2.45) is 0 Å². The molecule has 0 amide bonds. The van der Waals surface area contributed by atoms with Crippen LogP contribution in [0, 0.1) is 11.8 Å². The number of benzene rings is 1. The molecule has 6 nitrogen and oxygen atoms in total. The minimum Gasteiger partial charge on any atom is -0.508 e. The van der Waals surface area contributed by atoms with Crippen LogP contribution in [-0.4, -0.2) is 20.1 Å². The first-order valence-corrected chi connectivity index (χ1v) is 8.66. The van der Waals surface area contributed by atoms with Crippen LogP contribution in [0.5, 0.6) is 5.75 Å². The number of aromatic hydroxyl groups is 1. The molecule has 1 atom stereocenters. The van der Waals surface area contributed by atoms with Gasteiger partial charge in [0.15, 0.2) is 0 Å². The van der Waals surface area contributed by atoms with Gasteiger partial charge in [-0.15, -0.1) is 0 Å². The minimum absolute atomic E-state index is 0.144. The van der Waals surface area contributed by atoms with Gasteiger partial charge in [0.1, 0.15) is 11.6 Å². The predicted molar refractivity (Wildman–Crippen MR) is 107 cm³/mol. The predicted octanol–water partition coefficient (Wildman–Crippen LogP) is 3.13. The molecule has 136 valence electrons. The lowest BCUT2D eigenvalue weighted by Gasteiger charge is -2.11. The molecule has 6 heteroatoms. The van der Waals surface area contributed by atoms with Crippen LogP contribution in [0.2, 0.25) is 0 Å². The molecule has 27 heavy (non-hydrogen) atoms. The molecule has 0 saturated carbocycles. The first kappa shape index (κ1) is 18.2. The molecule has 2 aromatic heterocycles. The van der Waals surface area contributed by atoms with Crippen LogP contribution in [0.3, 0.4) is 0 Å². The Morgan fingerprint density at radius 3 is 2.52 bits per heavy atom. The smallest absolute Gasteiger partial charge is 0.222 e. The Bertz CT molecular complexity index is 1020. The summed E-state index contributed by atoms with van der Waals surface area (Å²) in [6.07, 6.45) is 4.13. The molecule has 2 heterocycles. The SMILES string of the molecule is CCc1nc(N)nc(N)c1C#CC(C)c1cc(-c2ccncc2)ccc1O. The van der Waals surface area contributed by atoms with Gasteiger partial charge in [-0.3, -0.25) is 4.98 Å². The van der Waals surface area contributed by atoms with Crippen molar-refractivity contribution in [3.63, 3.8) is 0 Å². The molecule has 3 rings (SSSR count). The van der Waals surface area contributed by atoms with Crippen LogP contribution in [0.1, 0.15) is 36.6 Å². The summed E-state index contributed by atoms with van der Waals surface area (Å²) in [6, 6.07) is 9.34. The van der Waals surface area contributed by atoms with Crippen molar-refractivity contribution in [3.05, 3.63) is 59.5 Å². The molecule has 0 aliphatic heterocycles. The fourth-order valence-electron chi connectivity index (χ4n) is 2.82. The summed E-state index contributed by atoms with van der Waals surface area (Å²) in [5.74, 6) is 6.62. The molecule has 1 aromatic carbocycles. The molecular weight excluding hydrogens is 338 g/mol. The number of hydrogen-bond donors (Lipinski definition) is 3. The average molecular weight is 359 g/mol. The Hall–Kier alpha value is -3.59. The third kappa shape index (κ3) is 3.98. The van der Waals surface area contributed by atoms with Crippen LogP contribution < -0.4 is 11.5 Å². The van der Waals surface area contributed by atoms with Crippen LogP contribution in [0.4, 0.5) is 11.8 Å². The Kier molecular flexibility index (Phi) is 5.23. The van der Waals surface area contributed by atoms with Crippen molar-refractivity contribution < 1.29 is 5.11 Å². The number of aromatic nitrogens is 3. The van der Waals surface area contributed by atoms with Gasteiger partial charge in [0.25, 0.3) is 0 Å². The van der Waals surface area contributed by atoms with Crippen molar-refractivity contribution in [1.82, 2.24) is 15.0 Å². The van der Waals surface area contributed by atoms with Gasteiger partial charge in [-0.1, -0.05) is 24.8 Å². The molecule has 0 aliphatic carbocycles. The fraction of sp³-hybridized carbons (Fsp3) is 0.190. The number of hydrogen-bond acceptors (Lipinski definition) is 6. The molecule has 0 bridgehead atoms. The highest BCUT2D eigenvalue weighted by molar-refractivity contribution is 5.66. The van der Waals surface area contributed by atoms with Gasteiger partial charge >= 0.3 is 0 Å². The summed E-state index contributed by atoms with van der Waals surface area (Å²) in [6.45, 7) is 3.89. The molecule has 0 aliphatic rings. The van der Waals surface area contributed by atoms with Crippen LogP contribution in [0.15, 0.2) is 42.7 Å². The monoisotopic (exact) mass is 359 g/mol. The van der Waals surface area contributed by atoms with Gasteiger partial charge in [0.05, 0.1) is 11.3 Å². The van der Waals surface area contributed by atoms with Crippen molar-refractivity contribution in [2.45, 2.75) is 26.2 Å². The van der Waals surface area contributed by atoms with Crippen molar-refractivity contribution >= 4 is 11.8 Å². The first-order valence-electron chi connectivity index (χ1n) is 8.66. The highest BCUT2D eigenvalue weighted by Gasteiger charge is 2.12. The van der Waals surface area contributed by atoms with Gasteiger partial charge in [0.2, 0.25) is 5.95 Å². The number of phenolic OH excluding ortho intramolecular Hbond substituents is 1. The van der Waals surface area contributed by atoms with E-state index in [0.717, 1.165) is 22.4 Å². The van der Waals surface area contributed by atoms with Gasteiger partial charge in [-0.05, 0) is 48.7 Å². The van der Waals surface area contributed by atoms with E-state index in [-0.39, 0.29) is 23.4 Å². The normalized spacial score (nSPS) is 11.5. The molecule has 0 spiro atoms. The fourth-order valence-corrected chi connectivity index (χ4v) is 2.82. The van der Waals surface area contributed by atoms with Gasteiger partial charge in [-0.2, -0.15) is 4.98 Å². The van der Waals surface area contributed by atoms with Crippen molar-refractivity contribution in [3.8, 4) is 28.7 Å². The zero-order valence-corrected chi connectivity index (χ0v) is 15.3. The van der Waals surface area contributed by atoms with E-state index in [1.807, 2.05) is 38.1 Å². The molecule has 0 saturated heterocycles. The quantitative estimate of drug-likeness (QED) is 0.620. The Morgan fingerprint density at radius 2 is 1.81 bits per heavy atom. The van der Waals surface area contributed by atoms with Crippen LogP contribution in [0.25, 0.3) is 11.1 Å². The number of nitrogens with two attached hydrogens (primary N) is 2. The summed E-state index contributed by atoms with van der Waals surface area (Å²) >= 11 is 0. The summed E-state index contributed by atoms with van der Waals surface area (Å²) in [4.78, 5) is 12.2. The summed E-state index contributed by atoms with van der Waals surface area (Å²) < 4.78 is 0. The number of phenols is 1. The lowest BCUT2D eigenvalue weighted by Crippen LogP contribution is -2.06. The van der Waals surface area contributed by atoms with Crippen LogP contribution in [-0.2, 0) is 6.42 Å². The first-order chi connectivity index (χ1) is 13.0. The molecule has 1 unspecified atom stereocenters. The number of nitrogen functional groups attached to an aromatic ring is 2. The number of aryl methyl sites for hydroxylation is 1. The van der Waals surface area contributed by atoms with E-state index in [1.165, 1.54) is 0 Å². The minimum atomic E-state index is -0.214. The van der Waals surface area contributed by atoms with Gasteiger partial charge in [0, 0.05) is 23.9 Å². The number of pyridine rings is 1. The third-order valence-corrected chi connectivity index (χ3v) is 4.29. The zero-order chi connectivity index (χ0) is 19.4. The second-order valence-corrected chi connectivity index (χ2v) is 6.14. The Morgan fingerprint density at radius 1 is 1.07 bits per heavy atom. The highest BCUT2D eigenvalue weighted by Crippen LogP contribution is 2.30. The third-order valence-electron chi connectivity index (χ3n) is 4.29. The van der Waals surface area contributed by atoms with Crippen molar-refractivity contribution in [1.29, 1.82) is 0 Å². The summed E-state index contributed by atoms with van der Waals surface area (Å²) in [7, 11) is 0. The van der Waals surface area contributed by atoms with E-state index in [0.29, 0.717) is 12.0 Å². The molecule has 0 fully saturated rings. The van der Waals surface area contributed by atoms with E-state index in [2.05, 4.69) is 26.8 Å². The summed E-state index contributed by atoms with van der Waals surface area (Å²) in [5, 5.41) is 10.3. The van der Waals surface area contributed by atoms with Gasteiger partial charge in [-0.25, -0.2) is 4.98 Å². The largest absolute Gasteiger partial charge is 0.508 e. The van der Waals surface area contributed by atoms with E-state index >= 15 is 0 Å². The number of anilines is 2. The maximum absolute atomic E-state index is 10.3. The molecular formula is C21H21N5O. The average Bonchev–Trinajstić information content (AvgIpc) is 2.67. The topological polar surface area (TPSA) is 111 Å². The number of nitrogens with zero attached hydrogens (tertiary/aromatic N) is 3. The molecule has 5 N–H and O–H groups in total. The van der Waals surface area contributed by atoms with Gasteiger partial charge < -0.3 is 16.6 Å². The summed E-state index contributed by atoms with van der Waals surface area (Å²) in [5.41, 5.74) is 15.7. The van der Waals surface area contributed by atoms with E-state index in [1.54, 1.807) is 18.5 Å². The highest BCUT2D eigenvalue weighted by atomic mass is 16.3. The second-order valence-electron chi connectivity index (χ2n) is 6.14. The van der Waals surface area contributed by atoms with Crippen molar-refractivity contribution in [2.75, 3.05) is 11.5 Å². The standard InChI is InChI=1S/C21H21N5O/c1-3-18-16(20(22)26-21(23)25-18)6-4-13(2)17-12-15(5-7-19(17)27)14-8-10-24-11-9-14/h5,7-13,27H,3H2,1-2H3,(H4,22,23,25,26). The van der Waals surface area contributed by atoms with E-state index in [9.17, 15) is 5.11 Å². The second kappa shape index (κ2) is 7.75. The van der Waals surface area contributed by atoms with E-state index in [4.69, 9.17) is 11.5 Å². The van der Waals surface area contributed by atoms with E-state index < -0.39 is 0 Å². The zero-order valence-electron chi connectivity index (χ0n) is 15.3. The maximum atomic E-state index is 10.3. The Labute approximate surface area is 158 Å². The maximum Gasteiger partial charge on any atom is 0.222 e. The lowest BCUT2D eigenvalue weighted by atomic mass is 9.95. The number of rotatable bonds is 3.